The van der Waals surface area contributed by atoms with Crippen LogP contribution in [0, 0.1) is 0 Å². The van der Waals surface area contributed by atoms with Gasteiger partial charge in [0.25, 0.3) is 0 Å². The Kier molecular flexibility index (Phi) is 7.38. The van der Waals surface area contributed by atoms with Gasteiger partial charge in [-0.2, -0.15) is 4.31 Å². The summed E-state index contributed by atoms with van der Waals surface area (Å²) in [5.41, 5.74) is 3.04. The Labute approximate surface area is 201 Å². The van der Waals surface area contributed by atoms with Gasteiger partial charge in [0.1, 0.15) is 6.04 Å². The van der Waals surface area contributed by atoms with Crippen LogP contribution in [0.4, 0.5) is 5.69 Å². The maximum atomic E-state index is 13.2. The average Bonchev–Trinajstić information content (AvgIpc) is 2.78. The van der Waals surface area contributed by atoms with Crippen LogP contribution in [-0.2, 0) is 20.2 Å². The number of benzene rings is 3. The minimum absolute atomic E-state index is 0.0137. The van der Waals surface area contributed by atoms with E-state index in [0.29, 0.717) is 22.4 Å². The lowest BCUT2D eigenvalue weighted by molar-refractivity contribution is -0.119. The van der Waals surface area contributed by atoms with Gasteiger partial charge in [-0.05, 0) is 28.7 Å². The van der Waals surface area contributed by atoms with Gasteiger partial charge in [-0.3, -0.25) is 9.59 Å². The lowest BCUT2D eigenvalue weighted by atomic mass is 9.86. The van der Waals surface area contributed by atoms with Crippen LogP contribution in [-0.4, -0.2) is 37.7 Å². The van der Waals surface area contributed by atoms with Crippen LogP contribution >= 0.6 is 0 Å². The molecule has 3 aromatic carbocycles. The lowest BCUT2D eigenvalue weighted by Crippen LogP contribution is -2.38. The first-order valence-corrected chi connectivity index (χ1v) is 12.8. The van der Waals surface area contributed by atoms with Crippen LogP contribution in [0.2, 0.25) is 0 Å². The summed E-state index contributed by atoms with van der Waals surface area (Å²) < 4.78 is 25.4. The number of hydrogen-bond acceptors (Lipinski definition) is 4. The van der Waals surface area contributed by atoms with E-state index in [9.17, 15) is 18.0 Å². The largest absolute Gasteiger partial charge is 0.324 e. The molecule has 1 N–H and O–H groups in total. The zero-order valence-electron chi connectivity index (χ0n) is 20.1. The SMILES string of the molecule is CN([C@H](C(=O)Nc1cccc(C(=O)c2ccc(C(C)(C)C)cc2)c1)c1ccccc1)S(C)(=O)=O. The van der Waals surface area contributed by atoms with Crippen molar-refractivity contribution in [3.63, 3.8) is 0 Å². The smallest absolute Gasteiger partial charge is 0.247 e. The van der Waals surface area contributed by atoms with Crippen LogP contribution in [0.15, 0.2) is 78.9 Å². The van der Waals surface area contributed by atoms with Crippen molar-refractivity contribution >= 4 is 27.4 Å². The maximum absolute atomic E-state index is 13.2. The number of sulfonamides is 1. The molecule has 0 bridgehead atoms. The number of amides is 1. The molecule has 0 fully saturated rings. The van der Waals surface area contributed by atoms with E-state index in [1.54, 1.807) is 66.7 Å². The van der Waals surface area contributed by atoms with Gasteiger partial charge < -0.3 is 5.32 Å². The van der Waals surface area contributed by atoms with Crippen molar-refractivity contribution in [2.45, 2.75) is 32.2 Å². The monoisotopic (exact) mass is 478 g/mol. The highest BCUT2D eigenvalue weighted by atomic mass is 32.2. The molecule has 0 heterocycles. The van der Waals surface area contributed by atoms with E-state index in [0.717, 1.165) is 16.1 Å². The van der Waals surface area contributed by atoms with Crippen LogP contribution in [0.25, 0.3) is 0 Å². The van der Waals surface area contributed by atoms with Crippen LogP contribution in [0.5, 0.6) is 0 Å². The third-order valence-electron chi connectivity index (χ3n) is 5.66. The zero-order chi connectivity index (χ0) is 25.1. The summed E-state index contributed by atoms with van der Waals surface area (Å²) in [6.45, 7) is 6.33. The molecule has 0 saturated heterocycles. The predicted molar refractivity (Wildman–Crippen MR) is 135 cm³/mol. The molecule has 0 aliphatic carbocycles. The third kappa shape index (κ3) is 5.98. The molecule has 0 saturated carbocycles. The number of rotatable bonds is 7. The summed E-state index contributed by atoms with van der Waals surface area (Å²) >= 11 is 0. The zero-order valence-corrected chi connectivity index (χ0v) is 20.9. The highest BCUT2D eigenvalue weighted by molar-refractivity contribution is 7.88. The molecule has 3 rings (SSSR count). The molecule has 178 valence electrons. The first kappa shape index (κ1) is 25.3. The number of nitrogens with one attached hydrogen (secondary N) is 1. The summed E-state index contributed by atoms with van der Waals surface area (Å²) in [6.07, 6.45) is 1.06. The number of carbonyl (C=O) groups excluding carboxylic acids is 2. The molecular formula is C27H30N2O4S. The summed E-state index contributed by atoms with van der Waals surface area (Å²) in [5.74, 6) is -0.678. The standard InChI is InChI=1S/C27H30N2O4S/c1-27(2,3)22-16-14-20(15-17-22)25(30)21-12-9-13-23(18-21)28-26(31)24(29(4)34(5,32)33)19-10-7-6-8-11-19/h6-18,24H,1-5H3,(H,28,31)/t24-/m0/s1. The maximum Gasteiger partial charge on any atom is 0.247 e. The number of likely N-dealkylation sites (N-methyl/N-ethyl adjacent to an activating group) is 1. The molecule has 7 heteroatoms. The Hall–Kier alpha value is -3.29. The summed E-state index contributed by atoms with van der Waals surface area (Å²) in [5, 5.41) is 2.77. The average molecular weight is 479 g/mol. The highest BCUT2D eigenvalue weighted by Gasteiger charge is 2.31. The molecule has 0 aromatic heterocycles. The molecule has 0 unspecified atom stereocenters. The molecule has 34 heavy (non-hydrogen) atoms. The molecule has 1 amide bonds. The van der Waals surface area contributed by atoms with Crippen LogP contribution in [0.3, 0.4) is 0 Å². The first-order chi connectivity index (χ1) is 15.9. The first-order valence-electron chi connectivity index (χ1n) is 10.9. The Balaban J connectivity index is 1.86. The van der Waals surface area contributed by atoms with Crippen molar-refractivity contribution in [3.05, 3.63) is 101 Å². The van der Waals surface area contributed by atoms with Crippen molar-refractivity contribution in [2.75, 3.05) is 18.6 Å². The second-order valence-corrected chi connectivity index (χ2v) is 11.4. The fourth-order valence-corrected chi connectivity index (χ4v) is 4.19. The van der Waals surface area contributed by atoms with E-state index < -0.39 is 22.0 Å². The van der Waals surface area contributed by atoms with Gasteiger partial charge in [0.15, 0.2) is 5.78 Å². The topological polar surface area (TPSA) is 83.6 Å². The second kappa shape index (κ2) is 9.91. The van der Waals surface area contributed by atoms with Gasteiger partial charge in [-0.1, -0.05) is 87.5 Å². The van der Waals surface area contributed by atoms with E-state index >= 15 is 0 Å². The summed E-state index contributed by atoms with van der Waals surface area (Å²) in [4.78, 5) is 26.2. The van der Waals surface area contributed by atoms with E-state index in [1.165, 1.54) is 7.05 Å². The molecule has 0 radical (unpaired) electrons. The number of carbonyl (C=O) groups is 2. The Morgan fingerprint density at radius 3 is 2.03 bits per heavy atom. The van der Waals surface area contributed by atoms with Crippen molar-refractivity contribution in [3.8, 4) is 0 Å². The second-order valence-electron chi connectivity index (χ2n) is 9.32. The number of anilines is 1. The quantitative estimate of drug-likeness (QED) is 0.495. The number of nitrogens with zero attached hydrogens (tertiary/aromatic N) is 1. The highest BCUT2D eigenvalue weighted by Crippen LogP contribution is 2.25. The molecule has 6 nitrogen and oxygen atoms in total. The molecule has 0 aliphatic heterocycles. The Bertz CT molecular complexity index is 1280. The summed E-state index contributed by atoms with van der Waals surface area (Å²) in [6, 6.07) is 21.8. The molecule has 0 aliphatic rings. The fraction of sp³-hybridized carbons (Fsp3) is 0.259. The van der Waals surface area contributed by atoms with Gasteiger partial charge in [-0.25, -0.2) is 8.42 Å². The lowest BCUT2D eigenvalue weighted by Gasteiger charge is -2.25. The van der Waals surface area contributed by atoms with Crippen LogP contribution < -0.4 is 5.32 Å². The Morgan fingerprint density at radius 1 is 0.853 bits per heavy atom. The van der Waals surface area contributed by atoms with Gasteiger partial charge in [0.05, 0.1) is 6.26 Å². The van der Waals surface area contributed by atoms with Crippen molar-refractivity contribution < 1.29 is 18.0 Å². The van der Waals surface area contributed by atoms with Gasteiger partial charge >= 0.3 is 0 Å². The van der Waals surface area contributed by atoms with E-state index in [4.69, 9.17) is 0 Å². The molecule has 3 aromatic rings. The van der Waals surface area contributed by atoms with Gasteiger partial charge in [0, 0.05) is 23.9 Å². The van der Waals surface area contributed by atoms with Crippen molar-refractivity contribution in [1.82, 2.24) is 4.31 Å². The fourth-order valence-electron chi connectivity index (χ4n) is 3.59. The normalized spacial score (nSPS) is 12.9. The minimum Gasteiger partial charge on any atom is -0.324 e. The number of ketones is 1. The third-order valence-corrected chi connectivity index (χ3v) is 6.91. The van der Waals surface area contributed by atoms with Crippen molar-refractivity contribution in [2.24, 2.45) is 0 Å². The van der Waals surface area contributed by atoms with E-state index in [1.807, 2.05) is 12.1 Å². The van der Waals surface area contributed by atoms with Crippen molar-refractivity contribution in [1.29, 1.82) is 0 Å². The molecule has 1 atom stereocenters. The molecular weight excluding hydrogens is 448 g/mol. The van der Waals surface area contributed by atoms with Crippen LogP contribution in [0.1, 0.15) is 53.9 Å². The van der Waals surface area contributed by atoms with Gasteiger partial charge in [-0.15, -0.1) is 0 Å². The summed E-state index contributed by atoms with van der Waals surface area (Å²) in [7, 11) is -2.27. The predicted octanol–water partition coefficient (Wildman–Crippen LogP) is 4.79. The minimum atomic E-state index is -3.64. The number of hydrogen-bond donors (Lipinski definition) is 1. The van der Waals surface area contributed by atoms with E-state index in [2.05, 4.69) is 26.1 Å². The Morgan fingerprint density at radius 2 is 1.47 bits per heavy atom. The molecule has 0 spiro atoms. The van der Waals surface area contributed by atoms with E-state index in [-0.39, 0.29) is 11.2 Å². The van der Waals surface area contributed by atoms with Gasteiger partial charge in [0.2, 0.25) is 15.9 Å².